The number of rotatable bonds is 5. The molecule has 0 spiro atoms. The zero-order valence-electron chi connectivity index (χ0n) is 18.1. The van der Waals surface area contributed by atoms with E-state index < -0.39 is 10.0 Å². The molecule has 1 aromatic carbocycles. The summed E-state index contributed by atoms with van der Waals surface area (Å²) in [7, 11) is -3.49. The molecule has 2 fully saturated rings. The summed E-state index contributed by atoms with van der Waals surface area (Å²) in [4.78, 5) is 0.599. The lowest BCUT2D eigenvalue weighted by atomic mass is 9.86. The summed E-state index contributed by atoms with van der Waals surface area (Å²) >= 11 is 0. The molecular weight excluding hydrogens is 366 g/mol. The van der Waals surface area contributed by atoms with Gasteiger partial charge in [-0.25, -0.2) is 8.42 Å². The van der Waals surface area contributed by atoms with Crippen LogP contribution in [0.2, 0.25) is 0 Å². The number of benzene rings is 1. The fourth-order valence-corrected chi connectivity index (χ4v) is 7.81. The number of sulfonamides is 1. The Kier molecular flexibility index (Phi) is 5.03. The van der Waals surface area contributed by atoms with E-state index in [1.807, 2.05) is 4.31 Å². The third-order valence-electron chi connectivity index (χ3n) is 7.31. The molecule has 0 N–H and O–H groups in total. The van der Waals surface area contributed by atoms with Crippen molar-refractivity contribution in [2.24, 2.45) is 23.7 Å². The monoisotopic (exact) mass is 401 g/mol. The second-order valence-corrected chi connectivity index (χ2v) is 12.0. The molecule has 4 unspecified atom stereocenters. The highest BCUT2D eigenvalue weighted by molar-refractivity contribution is 7.89. The van der Waals surface area contributed by atoms with E-state index in [4.69, 9.17) is 0 Å². The maximum Gasteiger partial charge on any atom is 0.243 e. The molecule has 4 rings (SSSR count). The molecular formula is C24H35NO2S. The van der Waals surface area contributed by atoms with Crippen molar-refractivity contribution in [2.75, 3.05) is 13.1 Å². The van der Waals surface area contributed by atoms with E-state index in [1.54, 1.807) is 0 Å². The fraction of sp³-hybridized carbons (Fsp3) is 0.667. The molecule has 0 amide bonds. The topological polar surface area (TPSA) is 37.4 Å². The average Bonchev–Trinajstić information content (AvgIpc) is 3.33. The number of hydrogen-bond donors (Lipinski definition) is 0. The molecule has 1 heterocycles. The summed E-state index contributed by atoms with van der Waals surface area (Å²) in [6.07, 6.45) is 5.90. The van der Waals surface area contributed by atoms with Gasteiger partial charge in [0.2, 0.25) is 10.0 Å². The van der Waals surface area contributed by atoms with Crippen LogP contribution < -0.4 is 0 Å². The van der Waals surface area contributed by atoms with Gasteiger partial charge in [0, 0.05) is 13.1 Å². The van der Waals surface area contributed by atoms with E-state index in [9.17, 15) is 8.42 Å². The fourth-order valence-electron chi connectivity index (χ4n) is 5.63. The Hall–Kier alpha value is -1.13. The highest BCUT2D eigenvalue weighted by atomic mass is 32.2. The van der Waals surface area contributed by atoms with Gasteiger partial charge in [-0.3, -0.25) is 0 Å². The van der Waals surface area contributed by atoms with Crippen LogP contribution in [0.3, 0.4) is 0 Å². The maximum atomic E-state index is 13.9. The molecule has 3 aliphatic rings. The number of fused-ring (bicyclic) bond motifs is 5. The molecule has 154 valence electrons. The quantitative estimate of drug-likeness (QED) is 0.611. The summed E-state index contributed by atoms with van der Waals surface area (Å²) in [5.74, 6) is 2.97. The first-order valence-electron chi connectivity index (χ1n) is 11.0. The highest BCUT2D eigenvalue weighted by Crippen LogP contribution is 2.52. The molecule has 2 aliphatic carbocycles. The van der Waals surface area contributed by atoms with Gasteiger partial charge in [-0.2, -0.15) is 4.31 Å². The Morgan fingerprint density at radius 1 is 0.821 bits per heavy atom. The molecule has 1 saturated carbocycles. The lowest BCUT2D eigenvalue weighted by Gasteiger charge is -2.26. The minimum atomic E-state index is -3.49. The lowest BCUT2D eigenvalue weighted by molar-refractivity contribution is 0.395. The normalized spacial score (nSPS) is 29.6. The lowest BCUT2D eigenvalue weighted by Crippen LogP contribution is -2.32. The summed E-state index contributed by atoms with van der Waals surface area (Å²) in [5.41, 5.74) is 3.23. The van der Waals surface area contributed by atoms with Crippen LogP contribution in [-0.4, -0.2) is 25.8 Å². The van der Waals surface area contributed by atoms with Crippen molar-refractivity contribution in [2.45, 2.75) is 70.6 Å². The van der Waals surface area contributed by atoms with E-state index >= 15 is 0 Å². The third kappa shape index (κ3) is 3.08. The Balaban J connectivity index is 1.79. The third-order valence-corrected chi connectivity index (χ3v) is 9.27. The molecule has 1 aliphatic heterocycles. The van der Waals surface area contributed by atoms with Crippen LogP contribution in [0.15, 0.2) is 29.2 Å². The van der Waals surface area contributed by atoms with Gasteiger partial charge in [-0.05, 0) is 64.5 Å². The molecule has 3 nitrogen and oxygen atoms in total. The summed E-state index contributed by atoms with van der Waals surface area (Å²) in [5, 5.41) is 0. The first-order chi connectivity index (χ1) is 13.1. The van der Waals surface area contributed by atoms with E-state index in [1.165, 1.54) is 12.0 Å². The zero-order valence-corrected chi connectivity index (χ0v) is 19.0. The van der Waals surface area contributed by atoms with Crippen LogP contribution in [0.25, 0.3) is 0 Å². The van der Waals surface area contributed by atoms with Crippen molar-refractivity contribution in [3.05, 3.63) is 41.0 Å². The van der Waals surface area contributed by atoms with Crippen molar-refractivity contribution in [3.8, 4) is 0 Å². The SMILES string of the molecule is CC(C)c1cc(C(C)C)c(S(=O)(=O)N2CC3C4C=CC(C4)C3C2)c(C(C)C)c1. The van der Waals surface area contributed by atoms with Gasteiger partial charge in [0.1, 0.15) is 0 Å². The van der Waals surface area contributed by atoms with E-state index in [0.29, 0.717) is 47.6 Å². The Morgan fingerprint density at radius 2 is 1.29 bits per heavy atom. The molecule has 0 radical (unpaired) electrons. The van der Waals surface area contributed by atoms with Crippen molar-refractivity contribution >= 4 is 10.0 Å². The average molecular weight is 402 g/mol. The second kappa shape index (κ2) is 6.98. The minimum Gasteiger partial charge on any atom is -0.207 e. The van der Waals surface area contributed by atoms with Crippen LogP contribution in [0, 0.1) is 23.7 Å². The summed E-state index contributed by atoms with van der Waals surface area (Å²) in [6.45, 7) is 14.2. The second-order valence-electron chi connectivity index (χ2n) is 10.1. The van der Waals surface area contributed by atoms with Crippen LogP contribution in [0.1, 0.15) is 82.4 Å². The standard InChI is InChI=1S/C24H35NO2S/c1-14(2)19-10-20(15(3)4)24(21(11-19)16(5)6)28(26,27)25-12-22-17-7-8-18(9-17)23(22)13-25/h7-8,10-11,14-18,22-23H,9,12-13H2,1-6H3. The molecule has 0 aromatic heterocycles. The molecule has 4 atom stereocenters. The highest BCUT2D eigenvalue weighted by Gasteiger charge is 2.52. The van der Waals surface area contributed by atoms with Gasteiger partial charge in [0.25, 0.3) is 0 Å². The molecule has 28 heavy (non-hydrogen) atoms. The number of nitrogens with zero attached hydrogens (tertiary/aromatic N) is 1. The van der Waals surface area contributed by atoms with Gasteiger partial charge in [-0.1, -0.05) is 65.8 Å². The van der Waals surface area contributed by atoms with Crippen LogP contribution >= 0.6 is 0 Å². The van der Waals surface area contributed by atoms with Crippen molar-refractivity contribution < 1.29 is 8.42 Å². The van der Waals surface area contributed by atoms with Crippen LogP contribution in [0.4, 0.5) is 0 Å². The number of hydrogen-bond acceptors (Lipinski definition) is 2. The summed E-state index contributed by atoms with van der Waals surface area (Å²) < 4.78 is 29.7. The predicted octanol–water partition coefficient (Wildman–Crippen LogP) is 5.50. The maximum absolute atomic E-state index is 13.9. The first kappa shape index (κ1) is 20.2. The van der Waals surface area contributed by atoms with Crippen molar-refractivity contribution in [1.82, 2.24) is 4.31 Å². The van der Waals surface area contributed by atoms with E-state index in [-0.39, 0.29) is 11.8 Å². The van der Waals surface area contributed by atoms with Gasteiger partial charge >= 0.3 is 0 Å². The molecule has 2 bridgehead atoms. The minimum absolute atomic E-state index is 0.181. The number of allylic oxidation sites excluding steroid dienone is 2. The van der Waals surface area contributed by atoms with Gasteiger partial charge < -0.3 is 0 Å². The van der Waals surface area contributed by atoms with E-state index in [2.05, 4.69) is 65.8 Å². The first-order valence-corrected chi connectivity index (χ1v) is 12.4. The van der Waals surface area contributed by atoms with Gasteiger partial charge in [0.05, 0.1) is 4.90 Å². The Labute approximate surface area is 171 Å². The summed E-state index contributed by atoms with van der Waals surface area (Å²) in [6, 6.07) is 4.30. The Bertz CT molecular complexity index is 848. The molecule has 1 saturated heterocycles. The molecule has 4 heteroatoms. The smallest absolute Gasteiger partial charge is 0.207 e. The predicted molar refractivity (Wildman–Crippen MR) is 115 cm³/mol. The Morgan fingerprint density at radius 3 is 1.68 bits per heavy atom. The van der Waals surface area contributed by atoms with Crippen LogP contribution in [-0.2, 0) is 10.0 Å². The van der Waals surface area contributed by atoms with Gasteiger partial charge in [0.15, 0.2) is 0 Å². The van der Waals surface area contributed by atoms with Crippen molar-refractivity contribution in [1.29, 1.82) is 0 Å². The van der Waals surface area contributed by atoms with Crippen LogP contribution in [0.5, 0.6) is 0 Å². The van der Waals surface area contributed by atoms with Gasteiger partial charge in [-0.15, -0.1) is 0 Å². The van der Waals surface area contributed by atoms with Crippen molar-refractivity contribution in [3.63, 3.8) is 0 Å². The zero-order chi connectivity index (χ0) is 20.4. The largest absolute Gasteiger partial charge is 0.243 e. The molecule has 1 aromatic rings. The van der Waals surface area contributed by atoms with E-state index in [0.717, 1.165) is 11.1 Å².